The predicted octanol–water partition coefficient (Wildman–Crippen LogP) is 11.0. The Kier molecular flexibility index (Phi) is 10.9. The summed E-state index contributed by atoms with van der Waals surface area (Å²) < 4.78 is 12.9. The van der Waals surface area contributed by atoms with E-state index in [1.807, 2.05) is 6.92 Å². The van der Waals surface area contributed by atoms with Crippen molar-refractivity contribution >= 4 is 28.6 Å². The van der Waals surface area contributed by atoms with E-state index in [4.69, 9.17) is 9.47 Å². The van der Waals surface area contributed by atoms with Crippen LogP contribution in [0, 0.1) is 68.0 Å². The van der Waals surface area contributed by atoms with E-state index in [0.717, 1.165) is 25.3 Å². The average molecular weight is 848 g/mol. The SMILES string of the molecule is C=C(C)[C@@H]1CC[C@]2(NCCI)CC[C@]3(C)[C@H](CC[C@@H]4[C@@]5(C)CC=C(C6=CC[C@](COc7ncccc7C#N)(C(=O)OCC)CC6)C(C)(C)[C@@H]5CC[C@]43C)[C@@H]12. The number of aromatic nitrogens is 1. The zero-order chi connectivity index (χ0) is 38.7. The summed E-state index contributed by atoms with van der Waals surface area (Å²) >= 11 is 2.55. The summed E-state index contributed by atoms with van der Waals surface area (Å²) in [6.45, 7) is 23.6. The minimum Gasteiger partial charge on any atom is -0.475 e. The number of alkyl halides is 1. The Labute approximate surface area is 339 Å². The molecule has 7 rings (SSSR count). The van der Waals surface area contributed by atoms with E-state index < -0.39 is 5.41 Å². The summed E-state index contributed by atoms with van der Waals surface area (Å²) in [4.78, 5) is 17.9. The molecule has 4 fully saturated rings. The zero-order valence-corrected chi connectivity index (χ0v) is 36.4. The number of pyridine rings is 1. The number of carbonyl (C=O) groups is 1. The maximum atomic E-state index is 13.6. The Morgan fingerprint density at radius 1 is 1.02 bits per heavy atom. The first-order chi connectivity index (χ1) is 25.7. The lowest BCUT2D eigenvalue weighted by Crippen LogP contribution is -2.68. The Balaban J connectivity index is 1.15. The third-order valence-electron chi connectivity index (χ3n) is 17.3. The Hall–Kier alpha value is -2.18. The largest absolute Gasteiger partial charge is 0.475 e. The van der Waals surface area contributed by atoms with Crippen LogP contribution in [-0.4, -0.2) is 40.7 Å². The smallest absolute Gasteiger partial charge is 0.315 e. The van der Waals surface area contributed by atoms with Gasteiger partial charge in [-0.25, -0.2) is 4.98 Å². The number of hydrogen-bond acceptors (Lipinski definition) is 6. The first kappa shape index (κ1) is 40.0. The Bertz CT molecular complexity index is 1740. The summed E-state index contributed by atoms with van der Waals surface area (Å²) in [7, 11) is 0. The fraction of sp³-hybridized carbons (Fsp3) is 0.723. The highest BCUT2D eigenvalue weighted by Crippen LogP contribution is 2.76. The maximum Gasteiger partial charge on any atom is 0.315 e. The van der Waals surface area contributed by atoms with Gasteiger partial charge in [0.2, 0.25) is 5.88 Å². The van der Waals surface area contributed by atoms with Gasteiger partial charge in [-0.15, -0.1) is 0 Å². The molecule has 0 unspecified atom stereocenters. The summed E-state index contributed by atoms with van der Waals surface area (Å²) in [6, 6.07) is 5.59. The molecule has 1 heterocycles. The summed E-state index contributed by atoms with van der Waals surface area (Å²) in [5.74, 6) is 3.48. The van der Waals surface area contributed by atoms with E-state index >= 15 is 0 Å². The highest BCUT2D eigenvalue weighted by Gasteiger charge is 2.70. The fourth-order valence-electron chi connectivity index (χ4n) is 14.5. The lowest BCUT2D eigenvalue weighted by atomic mass is 9.33. The van der Waals surface area contributed by atoms with Crippen molar-refractivity contribution in [2.75, 3.05) is 24.2 Å². The average Bonchev–Trinajstić information content (AvgIpc) is 3.54. The van der Waals surface area contributed by atoms with Crippen molar-refractivity contribution in [1.82, 2.24) is 10.3 Å². The maximum absolute atomic E-state index is 13.6. The number of nitriles is 1. The molecule has 294 valence electrons. The second-order valence-corrected chi connectivity index (χ2v) is 20.8. The molecule has 10 atom stereocenters. The van der Waals surface area contributed by atoms with E-state index in [2.05, 4.69) is 99.2 Å². The topological polar surface area (TPSA) is 84.2 Å². The molecule has 1 N–H and O–H groups in total. The number of nitrogens with one attached hydrogen (secondary N) is 1. The van der Waals surface area contributed by atoms with Crippen LogP contribution in [-0.2, 0) is 9.53 Å². The van der Waals surface area contributed by atoms with Gasteiger partial charge in [0.05, 0.1) is 6.61 Å². The normalized spacial score (nSPS) is 40.8. The third kappa shape index (κ3) is 6.07. The number of carbonyl (C=O) groups excluding carboxylic acids is 1. The van der Waals surface area contributed by atoms with E-state index in [1.54, 1.807) is 18.3 Å². The molecular formula is C47H66IN3O3. The number of ether oxygens (including phenoxy) is 2. The first-order valence-corrected chi connectivity index (χ1v) is 22.7. The molecule has 6 nitrogen and oxygen atoms in total. The molecule has 0 aliphatic heterocycles. The molecule has 7 heteroatoms. The number of fused-ring (bicyclic) bond motifs is 7. The molecule has 54 heavy (non-hydrogen) atoms. The molecule has 0 bridgehead atoms. The molecule has 6 aliphatic carbocycles. The highest BCUT2D eigenvalue weighted by molar-refractivity contribution is 14.1. The molecular weight excluding hydrogens is 781 g/mol. The minimum atomic E-state index is -0.801. The van der Waals surface area contributed by atoms with Gasteiger partial charge in [-0.1, -0.05) is 81.5 Å². The van der Waals surface area contributed by atoms with Crippen LogP contribution >= 0.6 is 22.6 Å². The van der Waals surface area contributed by atoms with Crippen molar-refractivity contribution in [2.24, 2.45) is 56.7 Å². The summed E-state index contributed by atoms with van der Waals surface area (Å²) in [6.07, 6.45) is 20.3. The quantitative estimate of drug-likeness (QED) is 0.109. The van der Waals surface area contributed by atoms with Crippen molar-refractivity contribution in [3.63, 3.8) is 0 Å². The number of hydrogen-bond donors (Lipinski definition) is 1. The number of nitrogens with zero attached hydrogens (tertiary/aromatic N) is 2. The molecule has 0 radical (unpaired) electrons. The predicted molar refractivity (Wildman–Crippen MR) is 225 cm³/mol. The van der Waals surface area contributed by atoms with Crippen LogP contribution in [0.2, 0.25) is 0 Å². The zero-order valence-electron chi connectivity index (χ0n) is 34.3. The van der Waals surface area contributed by atoms with E-state index in [-0.39, 0.29) is 34.8 Å². The van der Waals surface area contributed by atoms with Gasteiger partial charge < -0.3 is 14.8 Å². The van der Waals surface area contributed by atoms with Crippen molar-refractivity contribution < 1.29 is 14.3 Å². The third-order valence-corrected chi connectivity index (χ3v) is 17.8. The van der Waals surface area contributed by atoms with Crippen molar-refractivity contribution in [3.05, 3.63) is 59.3 Å². The second kappa shape index (κ2) is 14.6. The molecule has 4 saturated carbocycles. The van der Waals surface area contributed by atoms with Crippen molar-refractivity contribution in [1.29, 1.82) is 5.26 Å². The fourth-order valence-corrected chi connectivity index (χ4v) is 14.8. The van der Waals surface area contributed by atoms with Gasteiger partial charge in [-0.2, -0.15) is 5.26 Å². The van der Waals surface area contributed by atoms with Crippen LogP contribution in [0.15, 0.2) is 53.8 Å². The summed E-state index contributed by atoms with van der Waals surface area (Å²) in [5, 5.41) is 13.8. The first-order valence-electron chi connectivity index (χ1n) is 21.2. The monoisotopic (exact) mass is 847 g/mol. The second-order valence-electron chi connectivity index (χ2n) is 19.7. The van der Waals surface area contributed by atoms with Crippen molar-refractivity contribution in [2.45, 2.75) is 131 Å². The number of rotatable bonds is 10. The lowest BCUT2D eigenvalue weighted by Gasteiger charge is -2.72. The summed E-state index contributed by atoms with van der Waals surface area (Å²) in [5.41, 5.74) is 5.13. The number of allylic oxidation sites excluding steroid dienone is 5. The van der Waals surface area contributed by atoms with Crippen LogP contribution in [0.25, 0.3) is 0 Å². The molecule has 0 saturated heterocycles. The van der Waals surface area contributed by atoms with Gasteiger partial charge in [0, 0.05) is 22.7 Å². The van der Waals surface area contributed by atoms with E-state index in [1.165, 1.54) is 72.5 Å². The standard InChI is InChI=1S/C47H66IN3O3/c1-9-53-41(52)46(30-54-40-33(29-49)11-10-27-50-40)21-14-32(15-22-46)35-17-19-43(6)37(42(35,4)5)18-20-45(8)38(43)13-12-36-39-34(31(2)3)16-23-47(39,51-28-26-48)25-24-44(36,45)7/h10-11,14,17,27,34,36-39,51H,2,9,12-13,15-16,18-26,28,30H2,1,3-8H3/t34-,36+,37-,38+,39+,43-,44+,45+,46-,47-/m0/s1. The van der Waals surface area contributed by atoms with Gasteiger partial charge in [0.1, 0.15) is 23.7 Å². The van der Waals surface area contributed by atoms with Gasteiger partial charge in [0.15, 0.2) is 0 Å². The molecule has 1 aromatic heterocycles. The Morgan fingerprint density at radius 2 is 1.81 bits per heavy atom. The lowest BCUT2D eigenvalue weighted by molar-refractivity contribution is -0.221. The van der Waals surface area contributed by atoms with Gasteiger partial charge in [-0.05, 0) is 165 Å². The van der Waals surface area contributed by atoms with Gasteiger partial charge >= 0.3 is 5.97 Å². The van der Waals surface area contributed by atoms with Crippen molar-refractivity contribution in [3.8, 4) is 11.9 Å². The molecule has 0 aromatic carbocycles. The van der Waals surface area contributed by atoms with Crippen LogP contribution in [0.3, 0.4) is 0 Å². The van der Waals surface area contributed by atoms with Crippen LogP contribution < -0.4 is 10.1 Å². The Morgan fingerprint density at radius 3 is 2.50 bits per heavy atom. The molecule has 0 amide bonds. The highest BCUT2D eigenvalue weighted by atomic mass is 127. The van der Waals surface area contributed by atoms with Gasteiger partial charge in [-0.3, -0.25) is 4.79 Å². The van der Waals surface area contributed by atoms with E-state index in [0.29, 0.717) is 59.5 Å². The van der Waals surface area contributed by atoms with Crippen LogP contribution in [0.4, 0.5) is 0 Å². The molecule has 6 aliphatic rings. The molecule has 0 spiro atoms. The van der Waals surface area contributed by atoms with Gasteiger partial charge in [0.25, 0.3) is 0 Å². The minimum absolute atomic E-state index is 0.0373. The van der Waals surface area contributed by atoms with E-state index in [9.17, 15) is 10.1 Å². The number of halogens is 1. The van der Waals surface area contributed by atoms with Crippen LogP contribution in [0.1, 0.15) is 131 Å². The number of esters is 1. The molecule has 1 aromatic rings. The van der Waals surface area contributed by atoms with Crippen LogP contribution in [0.5, 0.6) is 5.88 Å².